The highest BCUT2D eigenvalue weighted by atomic mass is 16.5. The lowest BCUT2D eigenvalue weighted by atomic mass is 9.89. The van der Waals surface area contributed by atoms with Gasteiger partial charge in [0.2, 0.25) is 0 Å². The van der Waals surface area contributed by atoms with Gasteiger partial charge in [-0.25, -0.2) is 4.79 Å². The van der Waals surface area contributed by atoms with Crippen molar-refractivity contribution in [2.24, 2.45) is 11.8 Å². The third-order valence-electron chi connectivity index (χ3n) is 4.27. The second-order valence-electron chi connectivity index (χ2n) is 6.08. The molecule has 0 aromatic rings. The number of allylic oxidation sites excluding steroid dienone is 1. The van der Waals surface area contributed by atoms with Crippen LogP contribution in [0.3, 0.4) is 0 Å². The van der Waals surface area contributed by atoms with Crippen LogP contribution in [0.15, 0.2) is 24.3 Å². The molecular formula is C16H24O5. The fraction of sp³-hybridized carbons (Fsp3) is 0.688. The molecule has 0 saturated heterocycles. The molecule has 2 unspecified atom stereocenters. The van der Waals surface area contributed by atoms with Gasteiger partial charge in [-0.3, -0.25) is 0 Å². The zero-order valence-corrected chi connectivity index (χ0v) is 12.3. The average Bonchev–Trinajstić information content (AvgIpc) is 2.80. The van der Waals surface area contributed by atoms with Gasteiger partial charge >= 0.3 is 5.97 Å². The van der Waals surface area contributed by atoms with Crippen molar-refractivity contribution in [3.8, 4) is 0 Å². The molecule has 0 spiro atoms. The minimum Gasteiger partial charge on any atom is -0.460 e. The summed E-state index contributed by atoms with van der Waals surface area (Å²) < 4.78 is 5.17. The van der Waals surface area contributed by atoms with Crippen LogP contribution in [0.5, 0.6) is 0 Å². The highest BCUT2D eigenvalue weighted by Crippen LogP contribution is 2.36. The van der Waals surface area contributed by atoms with Crippen molar-refractivity contribution in [2.45, 2.75) is 57.0 Å². The van der Waals surface area contributed by atoms with Crippen LogP contribution in [-0.4, -0.2) is 45.7 Å². The van der Waals surface area contributed by atoms with Crippen molar-refractivity contribution in [1.29, 1.82) is 0 Å². The molecule has 1 aliphatic carbocycles. The van der Waals surface area contributed by atoms with E-state index in [0.717, 1.165) is 0 Å². The summed E-state index contributed by atoms with van der Waals surface area (Å²) in [5.74, 6) is -0.632. The number of carbonyl (C=O) groups excluding carboxylic acids is 1. The van der Waals surface area contributed by atoms with Crippen LogP contribution < -0.4 is 0 Å². The van der Waals surface area contributed by atoms with Gasteiger partial charge < -0.3 is 20.1 Å². The number of aliphatic hydroxyl groups is 3. The summed E-state index contributed by atoms with van der Waals surface area (Å²) in [5, 5.41) is 29.9. The van der Waals surface area contributed by atoms with Gasteiger partial charge in [0.1, 0.15) is 0 Å². The van der Waals surface area contributed by atoms with Crippen LogP contribution in [0.1, 0.15) is 32.6 Å². The maximum atomic E-state index is 11.6. The molecule has 5 nitrogen and oxygen atoms in total. The van der Waals surface area contributed by atoms with Crippen molar-refractivity contribution < 1.29 is 24.9 Å². The van der Waals surface area contributed by atoms with E-state index in [1.54, 1.807) is 13.0 Å². The zero-order chi connectivity index (χ0) is 15.4. The van der Waals surface area contributed by atoms with Gasteiger partial charge in [-0.2, -0.15) is 0 Å². The normalized spacial score (nSPS) is 43.1. The molecule has 118 valence electrons. The molecule has 2 aliphatic rings. The molecule has 1 saturated carbocycles. The third kappa shape index (κ3) is 4.66. The van der Waals surface area contributed by atoms with E-state index in [0.29, 0.717) is 25.7 Å². The molecule has 0 aromatic heterocycles. The predicted octanol–water partition coefficient (Wildman–Crippen LogP) is 0.933. The second-order valence-corrected chi connectivity index (χ2v) is 6.08. The molecule has 1 aliphatic heterocycles. The molecule has 0 bridgehead atoms. The SMILES string of the molecule is CC1CC[C@@H](O)/C=C/C2C[C@H](O)C[C@H]2[C@H](O)C=CC(=O)O1. The van der Waals surface area contributed by atoms with E-state index in [4.69, 9.17) is 4.74 Å². The van der Waals surface area contributed by atoms with E-state index in [2.05, 4.69) is 0 Å². The van der Waals surface area contributed by atoms with Crippen LogP contribution in [0.4, 0.5) is 0 Å². The van der Waals surface area contributed by atoms with Gasteiger partial charge in [0, 0.05) is 6.08 Å². The van der Waals surface area contributed by atoms with E-state index < -0.39 is 24.3 Å². The van der Waals surface area contributed by atoms with E-state index in [-0.39, 0.29) is 17.9 Å². The summed E-state index contributed by atoms with van der Waals surface area (Å²) in [6.45, 7) is 1.78. The lowest BCUT2D eigenvalue weighted by Gasteiger charge is -2.20. The van der Waals surface area contributed by atoms with Crippen LogP contribution in [0.25, 0.3) is 0 Å². The Bertz CT molecular complexity index is 417. The third-order valence-corrected chi connectivity index (χ3v) is 4.27. The Hall–Kier alpha value is -1.17. The Kier molecular flexibility index (Phi) is 5.56. The van der Waals surface area contributed by atoms with Gasteiger partial charge in [0.25, 0.3) is 0 Å². The summed E-state index contributed by atoms with van der Waals surface area (Å²) in [4.78, 5) is 11.6. The van der Waals surface area contributed by atoms with Crippen molar-refractivity contribution in [2.75, 3.05) is 0 Å². The average molecular weight is 296 g/mol. The Balaban J connectivity index is 2.16. The summed E-state index contributed by atoms with van der Waals surface area (Å²) in [5.41, 5.74) is 0. The van der Waals surface area contributed by atoms with Gasteiger partial charge in [-0.1, -0.05) is 12.2 Å². The predicted molar refractivity (Wildman–Crippen MR) is 77.3 cm³/mol. The van der Waals surface area contributed by atoms with Crippen molar-refractivity contribution in [1.82, 2.24) is 0 Å². The van der Waals surface area contributed by atoms with Crippen LogP contribution in [0.2, 0.25) is 0 Å². The largest absolute Gasteiger partial charge is 0.460 e. The number of carbonyl (C=O) groups is 1. The molecule has 2 rings (SSSR count). The topological polar surface area (TPSA) is 87.0 Å². The Morgan fingerprint density at radius 1 is 1.10 bits per heavy atom. The van der Waals surface area contributed by atoms with Gasteiger partial charge in [0.05, 0.1) is 24.4 Å². The summed E-state index contributed by atoms with van der Waals surface area (Å²) >= 11 is 0. The first-order valence-corrected chi connectivity index (χ1v) is 7.57. The molecule has 0 aromatic carbocycles. The second kappa shape index (κ2) is 7.20. The molecular weight excluding hydrogens is 272 g/mol. The first-order valence-electron chi connectivity index (χ1n) is 7.57. The van der Waals surface area contributed by atoms with E-state index in [9.17, 15) is 20.1 Å². The lowest BCUT2D eigenvalue weighted by molar-refractivity contribution is -0.142. The minimum atomic E-state index is -0.808. The first-order chi connectivity index (χ1) is 9.95. The van der Waals surface area contributed by atoms with Crippen molar-refractivity contribution in [3.63, 3.8) is 0 Å². The smallest absolute Gasteiger partial charge is 0.330 e. The molecule has 1 heterocycles. The number of rotatable bonds is 0. The van der Waals surface area contributed by atoms with E-state index in [1.807, 2.05) is 6.08 Å². The van der Waals surface area contributed by atoms with Crippen molar-refractivity contribution in [3.05, 3.63) is 24.3 Å². The lowest BCUT2D eigenvalue weighted by Crippen LogP contribution is -2.22. The number of hydrogen-bond donors (Lipinski definition) is 3. The maximum Gasteiger partial charge on any atom is 0.330 e. The Labute approximate surface area is 124 Å². The zero-order valence-electron chi connectivity index (χ0n) is 12.3. The number of hydrogen-bond acceptors (Lipinski definition) is 5. The van der Waals surface area contributed by atoms with E-state index in [1.165, 1.54) is 12.2 Å². The Morgan fingerprint density at radius 2 is 1.86 bits per heavy atom. The molecule has 0 radical (unpaired) electrons. The number of esters is 1. The Morgan fingerprint density at radius 3 is 2.62 bits per heavy atom. The number of aliphatic hydroxyl groups excluding tert-OH is 3. The fourth-order valence-electron chi connectivity index (χ4n) is 3.08. The summed E-state index contributed by atoms with van der Waals surface area (Å²) in [6, 6.07) is 0. The van der Waals surface area contributed by atoms with Crippen LogP contribution >= 0.6 is 0 Å². The monoisotopic (exact) mass is 296 g/mol. The molecule has 0 amide bonds. The molecule has 1 fully saturated rings. The van der Waals surface area contributed by atoms with Crippen LogP contribution in [-0.2, 0) is 9.53 Å². The van der Waals surface area contributed by atoms with Crippen molar-refractivity contribution >= 4 is 5.97 Å². The van der Waals surface area contributed by atoms with Crippen LogP contribution in [0, 0.1) is 11.8 Å². The first kappa shape index (κ1) is 16.2. The summed E-state index contributed by atoms with van der Waals surface area (Å²) in [6.07, 6.45) is 6.30. The van der Waals surface area contributed by atoms with Gasteiger partial charge in [-0.15, -0.1) is 0 Å². The van der Waals surface area contributed by atoms with Gasteiger partial charge in [-0.05, 0) is 50.5 Å². The summed E-state index contributed by atoms with van der Waals surface area (Å²) in [7, 11) is 0. The highest BCUT2D eigenvalue weighted by molar-refractivity contribution is 5.82. The molecule has 21 heavy (non-hydrogen) atoms. The standard InChI is InChI=1S/C16H24O5/c1-10-2-4-12(17)5-3-11-8-13(18)9-14(11)15(19)6-7-16(20)21-10/h3,5-7,10-15,17-19H,2,4,8-9H2,1H3/b5-3+,7-6?/t10?,11?,12-,13+,14-,15-/m1/s1. The molecule has 5 heteroatoms. The maximum absolute atomic E-state index is 11.6. The molecule has 6 atom stereocenters. The molecule has 3 N–H and O–H groups in total. The fourth-order valence-corrected chi connectivity index (χ4v) is 3.08. The number of fused-ring (bicyclic) bond motifs is 1. The highest BCUT2D eigenvalue weighted by Gasteiger charge is 2.35. The minimum absolute atomic E-state index is 0.00324. The quantitative estimate of drug-likeness (QED) is 0.457. The van der Waals surface area contributed by atoms with E-state index >= 15 is 0 Å². The number of ether oxygens (including phenoxy) is 1. The van der Waals surface area contributed by atoms with Gasteiger partial charge in [0.15, 0.2) is 0 Å². The number of cyclic esters (lactones) is 1.